The fraction of sp³-hybridized carbons (Fsp3) is 0.286. The molecular formula is C14H15NO4S2. The molecule has 112 valence electrons. The molecule has 3 rings (SSSR count). The largest absolute Gasteiger partial charge is 0.486 e. The summed E-state index contributed by atoms with van der Waals surface area (Å²) in [6, 6.07) is 8.84. The normalized spacial score (nSPS) is 14.1. The summed E-state index contributed by atoms with van der Waals surface area (Å²) in [4.78, 5) is 0.967. The molecule has 2 heterocycles. The molecule has 21 heavy (non-hydrogen) atoms. The molecule has 1 aromatic heterocycles. The van der Waals surface area contributed by atoms with E-state index in [1.54, 1.807) is 24.3 Å². The predicted octanol–water partition coefficient (Wildman–Crippen LogP) is 2.31. The van der Waals surface area contributed by atoms with Crippen LogP contribution in [0.2, 0.25) is 0 Å². The van der Waals surface area contributed by atoms with E-state index in [-0.39, 0.29) is 6.54 Å². The molecular weight excluding hydrogens is 310 g/mol. The number of sulfonamides is 1. The smallest absolute Gasteiger partial charge is 0.250 e. The van der Waals surface area contributed by atoms with Crippen molar-refractivity contribution in [2.24, 2.45) is 0 Å². The molecule has 0 radical (unpaired) electrons. The number of hydrogen-bond acceptors (Lipinski definition) is 5. The van der Waals surface area contributed by atoms with Crippen molar-refractivity contribution in [3.8, 4) is 11.5 Å². The minimum Gasteiger partial charge on any atom is -0.486 e. The van der Waals surface area contributed by atoms with Gasteiger partial charge in [0.15, 0.2) is 11.5 Å². The van der Waals surface area contributed by atoms with Gasteiger partial charge in [0.2, 0.25) is 10.0 Å². The van der Waals surface area contributed by atoms with Crippen molar-refractivity contribution in [1.82, 2.24) is 4.72 Å². The number of nitrogens with one attached hydrogen (secondary N) is 1. The molecule has 0 unspecified atom stereocenters. The molecule has 0 fully saturated rings. The first-order valence-corrected chi connectivity index (χ1v) is 8.79. The minimum atomic E-state index is -3.46. The molecule has 0 aliphatic carbocycles. The van der Waals surface area contributed by atoms with Crippen LogP contribution in [-0.4, -0.2) is 21.6 Å². The number of aryl methyl sites for hydroxylation is 1. The number of rotatable bonds is 4. The SMILES string of the molecule is Cc1ccc(S(=O)(=O)NCc2ccc3c(c2)OCCO3)s1. The van der Waals surface area contributed by atoms with Gasteiger partial charge in [0.05, 0.1) is 0 Å². The number of fused-ring (bicyclic) bond motifs is 1. The first kappa shape index (κ1) is 14.4. The number of thiophene rings is 1. The quantitative estimate of drug-likeness (QED) is 0.937. The van der Waals surface area contributed by atoms with Gasteiger partial charge in [0.1, 0.15) is 17.4 Å². The second-order valence-electron chi connectivity index (χ2n) is 4.67. The van der Waals surface area contributed by atoms with Crippen LogP contribution >= 0.6 is 11.3 Å². The van der Waals surface area contributed by atoms with Gasteiger partial charge in [-0.15, -0.1) is 11.3 Å². The molecule has 1 aliphatic rings. The van der Waals surface area contributed by atoms with E-state index < -0.39 is 10.0 Å². The van der Waals surface area contributed by atoms with E-state index in [1.807, 2.05) is 13.0 Å². The third-order valence-electron chi connectivity index (χ3n) is 3.05. The maximum atomic E-state index is 12.2. The summed E-state index contributed by atoms with van der Waals surface area (Å²) >= 11 is 1.26. The van der Waals surface area contributed by atoms with Gasteiger partial charge in [-0.05, 0) is 36.8 Å². The summed E-state index contributed by atoms with van der Waals surface area (Å²) in [6.45, 7) is 3.15. The van der Waals surface area contributed by atoms with Crippen LogP contribution in [0.5, 0.6) is 11.5 Å². The maximum absolute atomic E-state index is 12.2. The maximum Gasteiger partial charge on any atom is 0.250 e. The molecule has 1 aromatic carbocycles. The Bertz CT molecular complexity index is 752. The van der Waals surface area contributed by atoms with Crippen LogP contribution in [0.3, 0.4) is 0 Å². The van der Waals surface area contributed by atoms with E-state index in [4.69, 9.17) is 9.47 Å². The molecule has 7 heteroatoms. The average Bonchev–Trinajstić information content (AvgIpc) is 2.92. The van der Waals surface area contributed by atoms with Crippen molar-refractivity contribution in [3.63, 3.8) is 0 Å². The molecule has 0 bridgehead atoms. The molecule has 1 aliphatic heterocycles. The van der Waals surface area contributed by atoms with Crippen LogP contribution in [0.4, 0.5) is 0 Å². The average molecular weight is 325 g/mol. The van der Waals surface area contributed by atoms with Crippen molar-refractivity contribution in [1.29, 1.82) is 0 Å². The van der Waals surface area contributed by atoms with Crippen LogP contribution in [0.25, 0.3) is 0 Å². The fourth-order valence-corrected chi connectivity index (χ4v) is 4.35. The van der Waals surface area contributed by atoms with E-state index in [0.29, 0.717) is 28.9 Å². The predicted molar refractivity (Wildman–Crippen MR) is 80.5 cm³/mol. The summed E-state index contributed by atoms with van der Waals surface area (Å²) in [7, 11) is -3.46. The monoisotopic (exact) mass is 325 g/mol. The van der Waals surface area contributed by atoms with Gasteiger partial charge in [-0.1, -0.05) is 6.07 Å². The molecule has 0 saturated carbocycles. The Morgan fingerprint density at radius 1 is 1.14 bits per heavy atom. The minimum absolute atomic E-state index is 0.218. The van der Waals surface area contributed by atoms with Gasteiger partial charge in [0, 0.05) is 11.4 Å². The van der Waals surface area contributed by atoms with Gasteiger partial charge in [0.25, 0.3) is 0 Å². The van der Waals surface area contributed by atoms with E-state index in [0.717, 1.165) is 10.4 Å². The van der Waals surface area contributed by atoms with E-state index >= 15 is 0 Å². The molecule has 0 spiro atoms. The second kappa shape index (κ2) is 5.67. The van der Waals surface area contributed by atoms with Gasteiger partial charge in [-0.3, -0.25) is 0 Å². The van der Waals surface area contributed by atoms with Crippen molar-refractivity contribution >= 4 is 21.4 Å². The van der Waals surface area contributed by atoms with Crippen molar-refractivity contribution < 1.29 is 17.9 Å². The standard InChI is InChI=1S/C14H15NO4S2/c1-10-2-5-14(20-10)21(16,17)15-9-11-3-4-12-13(8-11)19-7-6-18-12/h2-5,8,15H,6-7,9H2,1H3. The highest BCUT2D eigenvalue weighted by atomic mass is 32.2. The van der Waals surface area contributed by atoms with Crippen LogP contribution in [0.1, 0.15) is 10.4 Å². The molecule has 2 aromatic rings. The molecule has 0 saturated heterocycles. The second-order valence-corrected chi connectivity index (χ2v) is 7.95. The van der Waals surface area contributed by atoms with Gasteiger partial charge >= 0.3 is 0 Å². The van der Waals surface area contributed by atoms with Crippen molar-refractivity contribution in [2.75, 3.05) is 13.2 Å². The fourth-order valence-electron chi connectivity index (χ4n) is 2.00. The third kappa shape index (κ3) is 3.20. The Hall–Kier alpha value is -1.57. The Balaban J connectivity index is 1.73. The highest BCUT2D eigenvalue weighted by molar-refractivity contribution is 7.91. The van der Waals surface area contributed by atoms with Gasteiger partial charge in [-0.25, -0.2) is 13.1 Å². The van der Waals surface area contributed by atoms with Gasteiger partial charge < -0.3 is 9.47 Å². The molecule has 0 atom stereocenters. The topological polar surface area (TPSA) is 64.6 Å². The van der Waals surface area contributed by atoms with Crippen molar-refractivity contribution in [2.45, 2.75) is 17.7 Å². The summed E-state index contributed by atoms with van der Waals surface area (Å²) in [5.41, 5.74) is 0.830. The summed E-state index contributed by atoms with van der Waals surface area (Å²) in [5, 5.41) is 0. The lowest BCUT2D eigenvalue weighted by atomic mass is 10.2. The molecule has 0 amide bonds. The zero-order valence-electron chi connectivity index (χ0n) is 11.5. The Morgan fingerprint density at radius 2 is 1.90 bits per heavy atom. The van der Waals surface area contributed by atoms with Crippen LogP contribution in [-0.2, 0) is 16.6 Å². The molecule has 1 N–H and O–H groups in total. The zero-order chi connectivity index (χ0) is 14.9. The summed E-state index contributed by atoms with van der Waals surface area (Å²) in [5.74, 6) is 1.35. The van der Waals surface area contributed by atoms with Crippen LogP contribution in [0.15, 0.2) is 34.5 Å². The van der Waals surface area contributed by atoms with E-state index in [1.165, 1.54) is 11.3 Å². The molecule has 5 nitrogen and oxygen atoms in total. The van der Waals surface area contributed by atoms with Crippen LogP contribution in [0, 0.1) is 6.92 Å². The summed E-state index contributed by atoms with van der Waals surface area (Å²) < 4.78 is 38.1. The zero-order valence-corrected chi connectivity index (χ0v) is 13.1. The van der Waals surface area contributed by atoms with E-state index in [9.17, 15) is 8.42 Å². The number of benzene rings is 1. The first-order chi connectivity index (χ1) is 10.0. The van der Waals surface area contributed by atoms with Gasteiger partial charge in [-0.2, -0.15) is 0 Å². The Morgan fingerprint density at radius 3 is 2.62 bits per heavy atom. The summed E-state index contributed by atoms with van der Waals surface area (Å²) in [6.07, 6.45) is 0. The highest BCUT2D eigenvalue weighted by Gasteiger charge is 2.17. The Kier molecular flexibility index (Phi) is 3.88. The number of ether oxygens (including phenoxy) is 2. The first-order valence-electron chi connectivity index (χ1n) is 6.49. The third-order valence-corrected chi connectivity index (χ3v) is 5.95. The van der Waals surface area contributed by atoms with Crippen LogP contribution < -0.4 is 14.2 Å². The lowest BCUT2D eigenvalue weighted by Crippen LogP contribution is -2.22. The lowest BCUT2D eigenvalue weighted by Gasteiger charge is -2.18. The van der Waals surface area contributed by atoms with E-state index in [2.05, 4.69) is 4.72 Å². The van der Waals surface area contributed by atoms with Crippen molar-refractivity contribution in [3.05, 3.63) is 40.8 Å². The Labute approximate surface area is 127 Å². The highest BCUT2D eigenvalue weighted by Crippen LogP contribution is 2.30. The number of hydrogen-bond donors (Lipinski definition) is 1. The lowest BCUT2D eigenvalue weighted by molar-refractivity contribution is 0.171.